The molecule has 0 unspecified atom stereocenters. The second-order valence-corrected chi connectivity index (χ2v) is 4.95. The zero-order valence-corrected chi connectivity index (χ0v) is 12.2. The van der Waals surface area contributed by atoms with Gasteiger partial charge in [-0.15, -0.1) is 0 Å². The first-order chi connectivity index (χ1) is 9.90. The lowest BCUT2D eigenvalue weighted by molar-refractivity contribution is 0.606. The Hall–Kier alpha value is -1.64. The predicted molar refractivity (Wildman–Crippen MR) is 86.7 cm³/mol. The van der Waals surface area contributed by atoms with Gasteiger partial charge in [-0.1, -0.05) is 61.5 Å². The monoisotopic (exact) mass is 268 g/mol. The van der Waals surface area contributed by atoms with Crippen LogP contribution in [0.2, 0.25) is 0 Å². The van der Waals surface area contributed by atoms with Crippen molar-refractivity contribution in [2.45, 2.75) is 19.9 Å². The highest BCUT2D eigenvalue weighted by atomic mass is 14.9. The van der Waals surface area contributed by atoms with Crippen LogP contribution in [0.3, 0.4) is 0 Å². The van der Waals surface area contributed by atoms with E-state index in [0.29, 0.717) is 0 Å². The van der Waals surface area contributed by atoms with Crippen LogP contribution in [0.15, 0.2) is 54.6 Å². The van der Waals surface area contributed by atoms with E-state index in [-0.39, 0.29) is 0 Å². The van der Waals surface area contributed by atoms with Crippen LogP contribution < -0.4 is 10.6 Å². The van der Waals surface area contributed by atoms with Crippen molar-refractivity contribution in [1.82, 2.24) is 10.6 Å². The number of nitrogens with one attached hydrogen (secondary N) is 2. The maximum atomic E-state index is 3.48. The van der Waals surface area contributed by atoms with Crippen LogP contribution >= 0.6 is 0 Å². The molecule has 2 heteroatoms. The van der Waals surface area contributed by atoms with E-state index in [1.807, 2.05) is 0 Å². The average Bonchev–Trinajstić information content (AvgIpc) is 2.52. The second kappa shape index (κ2) is 8.51. The molecule has 0 bridgehead atoms. The largest absolute Gasteiger partial charge is 0.317 e. The Morgan fingerprint density at radius 3 is 2.10 bits per heavy atom. The van der Waals surface area contributed by atoms with Crippen LogP contribution in [0, 0.1) is 0 Å². The van der Waals surface area contributed by atoms with Crippen LogP contribution in [-0.2, 0) is 6.54 Å². The van der Waals surface area contributed by atoms with Crippen molar-refractivity contribution in [2.24, 2.45) is 0 Å². The summed E-state index contributed by atoms with van der Waals surface area (Å²) < 4.78 is 0. The standard InChI is InChI=1S/C18H24N2/c1-2-19-13-6-14-20-15-16-9-11-18(12-10-16)17-7-4-3-5-8-17/h3-5,7-12,19-20H,2,6,13-15H2,1H3. The fraction of sp³-hybridized carbons (Fsp3) is 0.333. The van der Waals surface area contributed by atoms with Gasteiger partial charge in [-0.25, -0.2) is 0 Å². The maximum Gasteiger partial charge on any atom is 0.0205 e. The predicted octanol–water partition coefficient (Wildman–Crippen LogP) is 3.44. The normalized spacial score (nSPS) is 10.7. The van der Waals surface area contributed by atoms with Crippen LogP contribution in [0.25, 0.3) is 11.1 Å². The maximum absolute atomic E-state index is 3.48. The van der Waals surface area contributed by atoms with E-state index in [4.69, 9.17) is 0 Å². The summed E-state index contributed by atoms with van der Waals surface area (Å²) in [5, 5.41) is 6.81. The Morgan fingerprint density at radius 2 is 1.40 bits per heavy atom. The van der Waals surface area contributed by atoms with Gasteiger partial charge in [-0.2, -0.15) is 0 Å². The van der Waals surface area contributed by atoms with E-state index in [1.54, 1.807) is 0 Å². The summed E-state index contributed by atoms with van der Waals surface area (Å²) in [6, 6.07) is 19.3. The van der Waals surface area contributed by atoms with E-state index in [9.17, 15) is 0 Å². The number of benzene rings is 2. The third-order valence-corrected chi connectivity index (χ3v) is 3.35. The lowest BCUT2D eigenvalue weighted by Crippen LogP contribution is -2.21. The molecule has 0 radical (unpaired) electrons. The van der Waals surface area contributed by atoms with E-state index >= 15 is 0 Å². The fourth-order valence-electron chi connectivity index (χ4n) is 2.19. The summed E-state index contributed by atoms with van der Waals surface area (Å²) >= 11 is 0. The van der Waals surface area contributed by atoms with Gasteiger partial charge in [0.1, 0.15) is 0 Å². The SMILES string of the molecule is CCNCCCNCc1ccc(-c2ccccc2)cc1. The molecule has 0 fully saturated rings. The number of hydrogen-bond acceptors (Lipinski definition) is 2. The summed E-state index contributed by atoms with van der Waals surface area (Å²) in [5.41, 5.74) is 3.90. The third kappa shape index (κ3) is 4.80. The third-order valence-electron chi connectivity index (χ3n) is 3.35. The molecule has 0 aliphatic rings. The highest BCUT2D eigenvalue weighted by molar-refractivity contribution is 5.63. The fourth-order valence-corrected chi connectivity index (χ4v) is 2.19. The molecular formula is C18H24N2. The molecule has 2 N–H and O–H groups in total. The number of rotatable bonds is 8. The van der Waals surface area contributed by atoms with E-state index in [1.165, 1.54) is 23.1 Å². The topological polar surface area (TPSA) is 24.1 Å². The smallest absolute Gasteiger partial charge is 0.0205 e. The van der Waals surface area contributed by atoms with Crippen LogP contribution in [0.5, 0.6) is 0 Å². The van der Waals surface area contributed by atoms with Crippen molar-refractivity contribution < 1.29 is 0 Å². The summed E-state index contributed by atoms with van der Waals surface area (Å²) in [5.74, 6) is 0. The van der Waals surface area contributed by atoms with E-state index < -0.39 is 0 Å². The zero-order valence-electron chi connectivity index (χ0n) is 12.2. The van der Waals surface area contributed by atoms with Gasteiger partial charge in [0.25, 0.3) is 0 Å². The van der Waals surface area contributed by atoms with Gasteiger partial charge in [0.05, 0.1) is 0 Å². The first kappa shape index (κ1) is 14.8. The van der Waals surface area contributed by atoms with Gasteiger partial charge < -0.3 is 10.6 Å². The minimum Gasteiger partial charge on any atom is -0.317 e. The first-order valence-electron chi connectivity index (χ1n) is 7.46. The molecule has 2 aromatic carbocycles. The van der Waals surface area contributed by atoms with Crippen molar-refractivity contribution in [2.75, 3.05) is 19.6 Å². The molecule has 2 rings (SSSR count). The molecule has 0 saturated heterocycles. The minimum absolute atomic E-state index is 0.946. The summed E-state index contributed by atoms with van der Waals surface area (Å²) in [6.45, 7) is 6.30. The molecular weight excluding hydrogens is 244 g/mol. The molecule has 106 valence electrons. The molecule has 0 aliphatic heterocycles. The van der Waals surface area contributed by atoms with E-state index in [2.05, 4.69) is 72.2 Å². The second-order valence-electron chi connectivity index (χ2n) is 4.95. The van der Waals surface area contributed by atoms with Crippen molar-refractivity contribution in [3.63, 3.8) is 0 Å². The van der Waals surface area contributed by atoms with E-state index in [0.717, 1.165) is 26.2 Å². The molecule has 20 heavy (non-hydrogen) atoms. The highest BCUT2D eigenvalue weighted by Gasteiger charge is 1.97. The first-order valence-corrected chi connectivity index (χ1v) is 7.46. The molecule has 0 aromatic heterocycles. The summed E-state index contributed by atoms with van der Waals surface area (Å²) in [6.07, 6.45) is 1.18. The summed E-state index contributed by atoms with van der Waals surface area (Å²) in [4.78, 5) is 0. The van der Waals surface area contributed by atoms with Crippen LogP contribution in [-0.4, -0.2) is 19.6 Å². The Bertz CT molecular complexity index is 477. The summed E-state index contributed by atoms with van der Waals surface area (Å²) in [7, 11) is 0. The van der Waals surface area contributed by atoms with Gasteiger partial charge in [-0.05, 0) is 42.7 Å². The molecule has 0 aliphatic carbocycles. The van der Waals surface area contributed by atoms with Gasteiger partial charge in [0.15, 0.2) is 0 Å². The Kier molecular flexibility index (Phi) is 6.28. The Morgan fingerprint density at radius 1 is 0.750 bits per heavy atom. The van der Waals surface area contributed by atoms with Crippen molar-refractivity contribution >= 4 is 0 Å². The Balaban J connectivity index is 1.77. The molecule has 2 nitrogen and oxygen atoms in total. The van der Waals surface area contributed by atoms with Gasteiger partial charge in [0, 0.05) is 6.54 Å². The molecule has 2 aromatic rings. The number of hydrogen-bond donors (Lipinski definition) is 2. The van der Waals surface area contributed by atoms with Gasteiger partial charge >= 0.3 is 0 Å². The molecule has 0 saturated carbocycles. The average molecular weight is 268 g/mol. The lowest BCUT2D eigenvalue weighted by Gasteiger charge is -2.07. The zero-order chi connectivity index (χ0) is 14.0. The van der Waals surface area contributed by atoms with Gasteiger partial charge in [0.2, 0.25) is 0 Å². The molecule has 0 heterocycles. The highest BCUT2D eigenvalue weighted by Crippen LogP contribution is 2.19. The lowest BCUT2D eigenvalue weighted by atomic mass is 10.0. The van der Waals surface area contributed by atoms with Crippen LogP contribution in [0.4, 0.5) is 0 Å². The molecule has 0 spiro atoms. The molecule has 0 atom stereocenters. The van der Waals surface area contributed by atoms with Gasteiger partial charge in [-0.3, -0.25) is 0 Å². The van der Waals surface area contributed by atoms with Crippen molar-refractivity contribution in [1.29, 1.82) is 0 Å². The van der Waals surface area contributed by atoms with Crippen molar-refractivity contribution in [3.05, 3.63) is 60.2 Å². The van der Waals surface area contributed by atoms with Crippen LogP contribution in [0.1, 0.15) is 18.9 Å². The quantitative estimate of drug-likeness (QED) is 0.717. The Labute approximate surface area is 122 Å². The molecule has 0 amide bonds. The van der Waals surface area contributed by atoms with Crippen molar-refractivity contribution in [3.8, 4) is 11.1 Å². The minimum atomic E-state index is 0.946.